The number of aliphatic hydroxyl groups is 1. The van der Waals surface area contributed by atoms with E-state index >= 15 is 0 Å². The lowest BCUT2D eigenvalue weighted by Gasteiger charge is -2.22. The molecule has 0 aliphatic carbocycles. The number of urea groups is 1. The fourth-order valence-electron chi connectivity index (χ4n) is 1.91. The highest BCUT2D eigenvalue weighted by Gasteiger charge is 2.24. The first-order valence-corrected chi connectivity index (χ1v) is 8.56. The number of carbonyl (C=O) groups is 1. The molecule has 0 saturated carbocycles. The number of amides is 2. The third-order valence-electron chi connectivity index (χ3n) is 3.24. The molecule has 2 aromatic rings. The van der Waals surface area contributed by atoms with Gasteiger partial charge in [0.15, 0.2) is 0 Å². The Hall–Kier alpha value is -1.37. The monoisotopic (exact) mass is 324 g/mol. The molecule has 0 fully saturated rings. The molecule has 2 aromatic heterocycles. The molecular weight excluding hydrogens is 304 g/mol. The van der Waals surface area contributed by atoms with Crippen molar-refractivity contribution in [2.45, 2.75) is 25.4 Å². The van der Waals surface area contributed by atoms with Gasteiger partial charge in [0, 0.05) is 22.2 Å². The van der Waals surface area contributed by atoms with Gasteiger partial charge in [-0.15, -0.1) is 22.7 Å². The van der Waals surface area contributed by atoms with E-state index < -0.39 is 5.60 Å². The minimum Gasteiger partial charge on any atom is -0.383 e. The Bertz CT molecular complexity index is 550. The van der Waals surface area contributed by atoms with Gasteiger partial charge in [0.1, 0.15) is 5.60 Å². The molecule has 0 bridgehead atoms. The van der Waals surface area contributed by atoms with Crippen LogP contribution in [0.4, 0.5) is 4.79 Å². The first kappa shape index (κ1) is 16.0. The summed E-state index contributed by atoms with van der Waals surface area (Å²) in [6, 6.07) is 7.57. The van der Waals surface area contributed by atoms with Crippen molar-refractivity contribution in [1.29, 1.82) is 0 Å². The van der Waals surface area contributed by atoms with Gasteiger partial charge in [-0.2, -0.15) is 0 Å². The summed E-state index contributed by atoms with van der Waals surface area (Å²) in [6.45, 7) is 4.54. The number of hydrogen-bond acceptors (Lipinski definition) is 4. The average Bonchev–Trinajstić information content (AvgIpc) is 3.14. The van der Waals surface area contributed by atoms with E-state index in [2.05, 4.69) is 23.6 Å². The van der Waals surface area contributed by atoms with Crippen LogP contribution in [0.25, 0.3) is 0 Å². The maximum atomic E-state index is 11.8. The van der Waals surface area contributed by atoms with Crippen molar-refractivity contribution in [2.75, 3.05) is 13.1 Å². The second kappa shape index (κ2) is 7.06. The van der Waals surface area contributed by atoms with Crippen LogP contribution in [0.5, 0.6) is 0 Å². The molecule has 3 N–H and O–H groups in total. The van der Waals surface area contributed by atoms with Crippen LogP contribution in [0, 0.1) is 0 Å². The van der Waals surface area contributed by atoms with Crippen molar-refractivity contribution in [2.24, 2.45) is 0 Å². The number of thiophene rings is 2. The molecule has 0 saturated heterocycles. The summed E-state index contributed by atoms with van der Waals surface area (Å²) in [5.74, 6) is 0.286. The van der Waals surface area contributed by atoms with Crippen molar-refractivity contribution < 1.29 is 9.90 Å². The van der Waals surface area contributed by atoms with Crippen LogP contribution >= 0.6 is 22.7 Å². The zero-order chi connectivity index (χ0) is 15.3. The highest BCUT2D eigenvalue weighted by atomic mass is 32.1. The Morgan fingerprint density at radius 1 is 1.29 bits per heavy atom. The normalized spacial score (nSPS) is 15.2. The molecule has 2 atom stereocenters. The highest BCUT2D eigenvalue weighted by Crippen LogP contribution is 2.24. The fraction of sp³-hybridized carbons (Fsp3) is 0.400. The van der Waals surface area contributed by atoms with Gasteiger partial charge in [-0.3, -0.25) is 0 Å². The highest BCUT2D eigenvalue weighted by molar-refractivity contribution is 7.10. The van der Waals surface area contributed by atoms with E-state index in [-0.39, 0.29) is 18.5 Å². The maximum Gasteiger partial charge on any atom is 0.314 e. The van der Waals surface area contributed by atoms with Gasteiger partial charge in [0.2, 0.25) is 0 Å². The topological polar surface area (TPSA) is 61.4 Å². The molecule has 0 aliphatic rings. The summed E-state index contributed by atoms with van der Waals surface area (Å²) >= 11 is 3.17. The molecule has 6 heteroatoms. The summed E-state index contributed by atoms with van der Waals surface area (Å²) in [6.07, 6.45) is 0. The summed E-state index contributed by atoms with van der Waals surface area (Å²) in [4.78, 5) is 13.9. The van der Waals surface area contributed by atoms with Crippen LogP contribution in [0.1, 0.15) is 29.5 Å². The van der Waals surface area contributed by atoms with E-state index in [1.807, 2.05) is 29.0 Å². The van der Waals surface area contributed by atoms with E-state index in [4.69, 9.17) is 0 Å². The van der Waals surface area contributed by atoms with Crippen molar-refractivity contribution in [3.8, 4) is 0 Å². The molecule has 0 radical (unpaired) electrons. The quantitative estimate of drug-likeness (QED) is 0.764. The summed E-state index contributed by atoms with van der Waals surface area (Å²) in [5, 5.41) is 19.8. The minimum atomic E-state index is -1.04. The number of hydrogen-bond donors (Lipinski definition) is 3. The molecule has 0 aromatic carbocycles. The predicted molar refractivity (Wildman–Crippen MR) is 88.0 cm³/mol. The van der Waals surface area contributed by atoms with Crippen LogP contribution < -0.4 is 10.6 Å². The Kier molecular flexibility index (Phi) is 5.39. The van der Waals surface area contributed by atoms with Crippen LogP contribution in [-0.4, -0.2) is 24.2 Å². The van der Waals surface area contributed by atoms with Gasteiger partial charge in [-0.25, -0.2) is 4.79 Å². The molecular formula is C15H20N2O2S2. The lowest BCUT2D eigenvalue weighted by molar-refractivity contribution is 0.0631. The molecule has 4 nitrogen and oxygen atoms in total. The average molecular weight is 324 g/mol. The Morgan fingerprint density at radius 3 is 2.62 bits per heavy atom. The zero-order valence-corrected chi connectivity index (χ0v) is 13.8. The molecule has 2 heterocycles. The zero-order valence-electron chi connectivity index (χ0n) is 12.1. The van der Waals surface area contributed by atoms with Crippen LogP contribution in [-0.2, 0) is 5.60 Å². The third kappa shape index (κ3) is 4.56. The minimum absolute atomic E-state index is 0.187. The maximum absolute atomic E-state index is 11.8. The fourth-order valence-corrected chi connectivity index (χ4v) is 3.48. The SMILES string of the molecule is CC(CNC(=O)NCC(C)(O)c1cccs1)c1cccs1. The van der Waals surface area contributed by atoms with Gasteiger partial charge in [-0.05, 0) is 29.8 Å². The third-order valence-corrected chi connectivity index (χ3v) is 5.47. The lowest BCUT2D eigenvalue weighted by Crippen LogP contribution is -2.44. The Balaban J connectivity index is 1.75. The van der Waals surface area contributed by atoms with E-state index in [9.17, 15) is 9.90 Å². The molecule has 2 amide bonds. The molecule has 0 spiro atoms. The number of nitrogens with one attached hydrogen (secondary N) is 2. The standard InChI is InChI=1S/C15H20N2O2S2/c1-11(12-5-3-7-20-12)9-16-14(18)17-10-15(2,19)13-6-4-8-21-13/h3-8,11,19H,9-10H2,1-2H3,(H2,16,17,18). The predicted octanol–water partition coefficient (Wildman–Crippen LogP) is 3.12. The van der Waals surface area contributed by atoms with Gasteiger partial charge >= 0.3 is 6.03 Å². The van der Waals surface area contributed by atoms with E-state index in [0.717, 1.165) is 4.88 Å². The van der Waals surface area contributed by atoms with E-state index in [0.29, 0.717) is 6.54 Å². The van der Waals surface area contributed by atoms with Crippen LogP contribution in [0.2, 0.25) is 0 Å². The second-order valence-electron chi connectivity index (χ2n) is 5.23. The smallest absolute Gasteiger partial charge is 0.314 e. The first-order chi connectivity index (χ1) is 9.99. The molecule has 0 aliphatic heterocycles. The van der Waals surface area contributed by atoms with E-state index in [1.54, 1.807) is 18.3 Å². The van der Waals surface area contributed by atoms with Gasteiger partial charge < -0.3 is 15.7 Å². The van der Waals surface area contributed by atoms with Crippen LogP contribution in [0.3, 0.4) is 0 Å². The molecule has 2 unspecified atom stereocenters. The largest absolute Gasteiger partial charge is 0.383 e. The molecule has 114 valence electrons. The number of carbonyl (C=O) groups excluding carboxylic acids is 1. The first-order valence-electron chi connectivity index (χ1n) is 6.80. The Labute approximate surface area is 132 Å². The van der Waals surface area contributed by atoms with Gasteiger partial charge in [0.25, 0.3) is 0 Å². The summed E-state index contributed by atoms with van der Waals surface area (Å²) in [5.41, 5.74) is -1.04. The lowest BCUT2D eigenvalue weighted by atomic mass is 10.1. The van der Waals surface area contributed by atoms with Crippen molar-refractivity contribution in [1.82, 2.24) is 10.6 Å². The van der Waals surface area contributed by atoms with Crippen molar-refractivity contribution >= 4 is 28.7 Å². The van der Waals surface area contributed by atoms with Gasteiger partial charge in [-0.1, -0.05) is 19.1 Å². The number of rotatable bonds is 6. The van der Waals surface area contributed by atoms with Crippen LogP contribution in [0.15, 0.2) is 35.0 Å². The van der Waals surface area contributed by atoms with E-state index in [1.165, 1.54) is 16.2 Å². The van der Waals surface area contributed by atoms with Gasteiger partial charge in [0.05, 0.1) is 6.54 Å². The van der Waals surface area contributed by atoms with Crippen molar-refractivity contribution in [3.63, 3.8) is 0 Å². The molecule has 21 heavy (non-hydrogen) atoms. The summed E-state index contributed by atoms with van der Waals surface area (Å²) in [7, 11) is 0. The molecule has 2 rings (SSSR count). The Morgan fingerprint density at radius 2 is 2.00 bits per heavy atom. The second-order valence-corrected chi connectivity index (χ2v) is 7.16. The summed E-state index contributed by atoms with van der Waals surface area (Å²) < 4.78 is 0. The van der Waals surface area contributed by atoms with Crippen molar-refractivity contribution in [3.05, 3.63) is 44.8 Å².